The molecule has 0 aromatic carbocycles. The normalized spacial score (nSPS) is 23.3. The Bertz CT molecular complexity index is 736. The van der Waals surface area contributed by atoms with Crippen LogP contribution < -0.4 is 5.32 Å². The fourth-order valence-corrected chi connectivity index (χ4v) is 4.11. The fourth-order valence-electron chi connectivity index (χ4n) is 4.11. The first-order chi connectivity index (χ1) is 12.3. The maximum atomic E-state index is 13.0. The van der Waals surface area contributed by atoms with Crippen molar-refractivity contribution in [2.45, 2.75) is 64.1 Å². The van der Waals surface area contributed by atoms with Gasteiger partial charge in [0.2, 0.25) is 0 Å². The molecule has 1 aliphatic carbocycles. The van der Waals surface area contributed by atoms with Crippen molar-refractivity contribution in [1.82, 2.24) is 29.7 Å². The van der Waals surface area contributed by atoms with Crippen LogP contribution in [-0.2, 0) is 19.4 Å². The van der Waals surface area contributed by atoms with Crippen LogP contribution in [0, 0.1) is 0 Å². The summed E-state index contributed by atoms with van der Waals surface area (Å²) in [7, 11) is 0. The molecule has 0 saturated carbocycles. The molecule has 2 amide bonds. The lowest BCUT2D eigenvalue weighted by Gasteiger charge is -2.37. The number of nitrogens with zero attached hydrogens (tertiary/aromatic N) is 4. The molecule has 2 unspecified atom stereocenters. The predicted octanol–water partition coefficient (Wildman–Crippen LogP) is 2.42. The summed E-state index contributed by atoms with van der Waals surface area (Å²) < 4.78 is 2.15. The van der Waals surface area contributed by atoms with E-state index in [0.717, 1.165) is 68.8 Å². The summed E-state index contributed by atoms with van der Waals surface area (Å²) in [4.78, 5) is 27.0. The topological polar surface area (TPSA) is 78.8 Å². The molecule has 2 aromatic rings. The lowest BCUT2D eigenvalue weighted by molar-refractivity contribution is 0.142. The number of aromatic amines is 1. The van der Waals surface area contributed by atoms with Crippen LogP contribution in [0.25, 0.3) is 0 Å². The average Bonchev–Trinajstić information content (AvgIpc) is 3.30. The number of rotatable bonds is 3. The Kier molecular flexibility index (Phi) is 4.46. The lowest BCUT2D eigenvalue weighted by Crippen LogP contribution is -2.49. The van der Waals surface area contributed by atoms with E-state index in [0.29, 0.717) is 0 Å². The van der Waals surface area contributed by atoms with Gasteiger partial charge in [-0.25, -0.2) is 14.8 Å². The van der Waals surface area contributed by atoms with Gasteiger partial charge in [0.25, 0.3) is 0 Å². The SMILES string of the molecule is CCn1ccnc1C1CCCCN1C(=O)NC1CCc2nc[nH]c2C1. The standard InChI is InChI=1S/C18H26N6O/c1-2-23-10-8-19-17(23)16-5-3-4-9-24(16)18(25)22-13-6-7-14-15(11-13)21-12-20-14/h8,10,12-13,16H,2-7,9,11H2,1H3,(H,20,21)(H,22,25). The third-order valence-electron chi connectivity index (χ3n) is 5.47. The van der Waals surface area contributed by atoms with E-state index in [4.69, 9.17) is 0 Å². The Morgan fingerprint density at radius 3 is 3.16 bits per heavy atom. The molecule has 1 saturated heterocycles. The number of hydrogen-bond donors (Lipinski definition) is 2. The molecule has 4 rings (SSSR count). The van der Waals surface area contributed by atoms with Gasteiger partial charge in [0.1, 0.15) is 5.82 Å². The summed E-state index contributed by atoms with van der Waals surface area (Å²) >= 11 is 0. The van der Waals surface area contributed by atoms with Crippen LogP contribution in [0.15, 0.2) is 18.7 Å². The van der Waals surface area contributed by atoms with Crippen LogP contribution in [0.2, 0.25) is 0 Å². The minimum atomic E-state index is 0.0447. The van der Waals surface area contributed by atoms with E-state index in [1.165, 1.54) is 0 Å². The molecule has 1 aliphatic heterocycles. The number of aromatic nitrogens is 4. The molecule has 2 aromatic heterocycles. The molecule has 3 heterocycles. The summed E-state index contributed by atoms with van der Waals surface area (Å²) in [5.41, 5.74) is 2.31. The molecule has 2 atom stereocenters. The first-order valence-corrected chi connectivity index (χ1v) is 9.35. The highest BCUT2D eigenvalue weighted by atomic mass is 16.2. The van der Waals surface area contributed by atoms with Gasteiger partial charge in [-0.3, -0.25) is 0 Å². The number of aryl methyl sites for hydroxylation is 2. The number of carbonyl (C=O) groups is 1. The number of amides is 2. The Balaban J connectivity index is 1.46. The van der Waals surface area contributed by atoms with Crippen LogP contribution in [0.3, 0.4) is 0 Å². The van der Waals surface area contributed by atoms with Gasteiger partial charge < -0.3 is 19.8 Å². The van der Waals surface area contributed by atoms with Crippen molar-refractivity contribution >= 4 is 6.03 Å². The first kappa shape index (κ1) is 16.2. The maximum Gasteiger partial charge on any atom is 0.318 e. The van der Waals surface area contributed by atoms with Crippen LogP contribution in [-0.4, -0.2) is 43.0 Å². The summed E-state index contributed by atoms with van der Waals surface area (Å²) in [5.74, 6) is 1.01. The van der Waals surface area contributed by atoms with Crippen molar-refractivity contribution < 1.29 is 4.79 Å². The van der Waals surface area contributed by atoms with Gasteiger partial charge in [-0.1, -0.05) is 0 Å². The molecule has 0 spiro atoms. The zero-order valence-corrected chi connectivity index (χ0v) is 14.7. The third kappa shape index (κ3) is 3.15. The zero-order valence-electron chi connectivity index (χ0n) is 14.7. The molecule has 0 radical (unpaired) electrons. The summed E-state index contributed by atoms with van der Waals surface area (Å²) in [6.45, 7) is 3.80. The van der Waals surface area contributed by atoms with Crippen molar-refractivity contribution in [2.24, 2.45) is 0 Å². The van der Waals surface area contributed by atoms with Crippen LogP contribution in [0.1, 0.15) is 55.9 Å². The fraction of sp³-hybridized carbons (Fsp3) is 0.611. The van der Waals surface area contributed by atoms with Gasteiger partial charge in [0, 0.05) is 43.6 Å². The Labute approximate surface area is 147 Å². The van der Waals surface area contributed by atoms with Gasteiger partial charge in [-0.05, 0) is 39.0 Å². The molecule has 2 N–H and O–H groups in total. The molecule has 7 nitrogen and oxygen atoms in total. The lowest BCUT2D eigenvalue weighted by atomic mass is 9.96. The Morgan fingerprint density at radius 2 is 2.28 bits per heavy atom. The minimum absolute atomic E-state index is 0.0447. The van der Waals surface area contributed by atoms with Gasteiger partial charge in [0.15, 0.2) is 0 Å². The molecular formula is C18H26N6O. The average molecular weight is 342 g/mol. The number of hydrogen-bond acceptors (Lipinski definition) is 3. The van der Waals surface area contributed by atoms with Gasteiger partial charge in [0.05, 0.1) is 18.1 Å². The molecule has 134 valence electrons. The number of likely N-dealkylation sites (tertiary alicyclic amines) is 1. The first-order valence-electron chi connectivity index (χ1n) is 9.35. The Hall–Kier alpha value is -2.31. The number of piperidine rings is 1. The van der Waals surface area contributed by atoms with Gasteiger partial charge in [-0.2, -0.15) is 0 Å². The van der Waals surface area contributed by atoms with E-state index in [1.807, 2.05) is 17.3 Å². The van der Waals surface area contributed by atoms with Crippen molar-refractivity contribution in [3.05, 3.63) is 35.9 Å². The third-order valence-corrected chi connectivity index (χ3v) is 5.47. The van der Waals surface area contributed by atoms with Crippen LogP contribution in [0.4, 0.5) is 4.79 Å². The van der Waals surface area contributed by atoms with Crippen molar-refractivity contribution in [2.75, 3.05) is 6.54 Å². The maximum absolute atomic E-state index is 13.0. The highest BCUT2D eigenvalue weighted by molar-refractivity contribution is 5.75. The quantitative estimate of drug-likeness (QED) is 0.899. The second kappa shape index (κ2) is 6.90. The van der Waals surface area contributed by atoms with E-state index in [9.17, 15) is 4.79 Å². The van der Waals surface area contributed by atoms with E-state index >= 15 is 0 Å². The number of H-pyrrole nitrogens is 1. The number of urea groups is 1. The monoisotopic (exact) mass is 342 g/mol. The summed E-state index contributed by atoms with van der Waals surface area (Å²) in [6, 6.07) is 0.298. The number of nitrogens with one attached hydrogen (secondary N) is 2. The van der Waals surface area contributed by atoms with E-state index in [2.05, 4.69) is 31.8 Å². The van der Waals surface area contributed by atoms with E-state index < -0.39 is 0 Å². The molecule has 0 bridgehead atoms. The van der Waals surface area contributed by atoms with Gasteiger partial charge in [-0.15, -0.1) is 0 Å². The molecular weight excluding hydrogens is 316 g/mol. The minimum Gasteiger partial charge on any atom is -0.348 e. The van der Waals surface area contributed by atoms with Crippen LogP contribution in [0.5, 0.6) is 0 Å². The number of imidazole rings is 2. The smallest absolute Gasteiger partial charge is 0.318 e. The number of fused-ring (bicyclic) bond motifs is 1. The highest BCUT2D eigenvalue weighted by Crippen LogP contribution is 2.30. The van der Waals surface area contributed by atoms with E-state index in [-0.39, 0.29) is 18.1 Å². The van der Waals surface area contributed by atoms with Crippen molar-refractivity contribution in [3.63, 3.8) is 0 Å². The second-order valence-corrected chi connectivity index (χ2v) is 6.99. The Morgan fingerprint density at radius 1 is 1.36 bits per heavy atom. The summed E-state index contributed by atoms with van der Waals surface area (Å²) in [6.07, 6.45) is 11.5. The van der Waals surface area contributed by atoms with Crippen molar-refractivity contribution in [3.8, 4) is 0 Å². The molecule has 7 heteroatoms. The van der Waals surface area contributed by atoms with Gasteiger partial charge >= 0.3 is 6.03 Å². The van der Waals surface area contributed by atoms with Crippen molar-refractivity contribution in [1.29, 1.82) is 0 Å². The largest absolute Gasteiger partial charge is 0.348 e. The molecule has 2 aliphatic rings. The van der Waals surface area contributed by atoms with E-state index in [1.54, 1.807) is 6.33 Å². The zero-order chi connectivity index (χ0) is 17.2. The predicted molar refractivity (Wildman–Crippen MR) is 94.1 cm³/mol. The molecule has 1 fully saturated rings. The van der Waals surface area contributed by atoms with Crippen LogP contribution >= 0.6 is 0 Å². The second-order valence-electron chi connectivity index (χ2n) is 6.99. The summed E-state index contributed by atoms with van der Waals surface area (Å²) in [5, 5.41) is 3.25. The number of carbonyl (C=O) groups excluding carboxylic acids is 1. The highest BCUT2D eigenvalue weighted by Gasteiger charge is 2.32. The molecule has 25 heavy (non-hydrogen) atoms.